The minimum Gasteiger partial charge on any atom is -0.497 e. The van der Waals surface area contributed by atoms with Gasteiger partial charge >= 0.3 is 6.18 Å². The van der Waals surface area contributed by atoms with Crippen LogP contribution in [0.1, 0.15) is 11.1 Å². The first-order valence-electron chi connectivity index (χ1n) is 9.30. The summed E-state index contributed by atoms with van der Waals surface area (Å²) in [6.07, 6.45) is -4.54. The molecule has 0 bridgehead atoms. The molecule has 2 aromatic carbocycles. The highest BCUT2D eigenvalue weighted by atomic mass is 19.4. The number of azo groups is 1. The van der Waals surface area contributed by atoms with Crippen molar-refractivity contribution in [2.24, 2.45) is 10.2 Å². The molecular formula is C21H14F3N7O2. The highest BCUT2D eigenvalue weighted by molar-refractivity contribution is 5.79. The number of nitrogen functional groups attached to an aromatic ring is 1. The summed E-state index contributed by atoms with van der Waals surface area (Å²) in [7, 11) is 1.50. The van der Waals surface area contributed by atoms with Crippen molar-refractivity contribution in [3.63, 3.8) is 0 Å². The smallest absolute Gasteiger partial charge is 0.416 e. The number of nitriles is 1. The Kier molecular flexibility index (Phi) is 5.31. The van der Waals surface area contributed by atoms with E-state index in [1.807, 2.05) is 6.07 Å². The molecule has 0 radical (unpaired) electrons. The van der Waals surface area contributed by atoms with Gasteiger partial charge in [-0.05, 0) is 42.5 Å². The first-order chi connectivity index (χ1) is 15.7. The van der Waals surface area contributed by atoms with Gasteiger partial charge < -0.3 is 10.5 Å². The molecule has 2 aromatic heterocycles. The molecule has 0 fully saturated rings. The average Bonchev–Trinajstić information content (AvgIpc) is 3.12. The Balaban J connectivity index is 1.86. The average molecular weight is 453 g/mol. The number of anilines is 1. The zero-order valence-electron chi connectivity index (χ0n) is 16.9. The molecule has 2 heterocycles. The fraction of sp³-hybridized carbons (Fsp3) is 0.0952. The van der Waals surface area contributed by atoms with Gasteiger partial charge in [0, 0.05) is 5.56 Å². The van der Waals surface area contributed by atoms with E-state index >= 15 is 0 Å². The lowest BCUT2D eigenvalue weighted by Crippen LogP contribution is -2.19. The normalized spacial score (nSPS) is 11.7. The Labute approximate surface area is 183 Å². The van der Waals surface area contributed by atoms with E-state index in [9.17, 15) is 23.2 Å². The van der Waals surface area contributed by atoms with Gasteiger partial charge in [0.1, 0.15) is 23.2 Å². The molecule has 3 N–H and O–H groups in total. The molecule has 9 nitrogen and oxygen atoms in total. The topological polar surface area (TPSA) is 134 Å². The number of nitrogens with two attached hydrogens (primary N) is 1. The van der Waals surface area contributed by atoms with Crippen molar-refractivity contribution < 1.29 is 17.9 Å². The van der Waals surface area contributed by atoms with Crippen LogP contribution in [0.4, 0.5) is 30.4 Å². The molecule has 4 aromatic rings. The van der Waals surface area contributed by atoms with Gasteiger partial charge in [-0.25, -0.2) is 4.98 Å². The molecule has 33 heavy (non-hydrogen) atoms. The standard InChI is InChI=1S/C21H14F3N7O2/c1-33-14-7-5-11(6-8-14)16-15(10-25)20(32)31-19(27-16)17(18(26)30-31)29-28-13-4-2-3-12(9-13)21(22,23)24/h2-9,30H,26H2,1H3. The quantitative estimate of drug-likeness (QED) is 0.436. The van der Waals surface area contributed by atoms with Crippen LogP contribution >= 0.6 is 0 Å². The highest BCUT2D eigenvalue weighted by Gasteiger charge is 2.30. The van der Waals surface area contributed by atoms with Crippen molar-refractivity contribution in [3.05, 3.63) is 70.0 Å². The van der Waals surface area contributed by atoms with E-state index in [0.29, 0.717) is 11.3 Å². The lowest BCUT2D eigenvalue weighted by molar-refractivity contribution is -0.137. The summed E-state index contributed by atoms with van der Waals surface area (Å²) >= 11 is 0. The van der Waals surface area contributed by atoms with Gasteiger partial charge in [0.25, 0.3) is 5.56 Å². The zero-order valence-corrected chi connectivity index (χ0v) is 16.9. The summed E-state index contributed by atoms with van der Waals surface area (Å²) in [5.41, 5.74) is 4.43. The molecule has 0 spiro atoms. The number of nitrogens with one attached hydrogen (secondary N) is 1. The van der Waals surface area contributed by atoms with Gasteiger partial charge in [0.2, 0.25) is 0 Å². The molecule has 0 aliphatic heterocycles. The van der Waals surface area contributed by atoms with E-state index in [1.54, 1.807) is 24.3 Å². The van der Waals surface area contributed by atoms with Crippen molar-refractivity contribution in [3.8, 4) is 23.1 Å². The summed E-state index contributed by atoms with van der Waals surface area (Å²) in [6.45, 7) is 0. The fourth-order valence-corrected chi connectivity index (χ4v) is 3.09. The number of aromatic nitrogens is 3. The van der Waals surface area contributed by atoms with Crippen LogP contribution < -0.4 is 16.0 Å². The first-order valence-corrected chi connectivity index (χ1v) is 9.30. The van der Waals surface area contributed by atoms with E-state index in [0.717, 1.165) is 16.6 Å². The summed E-state index contributed by atoms with van der Waals surface area (Å²) in [4.78, 5) is 17.2. The largest absolute Gasteiger partial charge is 0.497 e. The second-order valence-corrected chi connectivity index (χ2v) is 6.76. The van der Waals surface area contributed by atoms with Crippen molar-refractivity contribution in [2.45, 2.75) is 6.18 Å². The monoisotopic (exact) mass is 453 g/mol. The molecule has 0 saturated heterocycles. The van der Waals surface area contributed by atoms with Gasteiger partial charge in [-0.2, -0.15) is 28.1 Å². The maximum Gasteiger partial charge on any atom is 0.416 e. The third-order valence-corrected chi connectivity index (χ3v) is 4.70. The molecule has 0 aliphatic rings. The number of fused-ring (bicyclic) bond motifs is 1. The minimum atomic E-state index is -4.54. The zero-order chi connectivity index (χ0) is 23.8. The van der Waals surface area contributed by atoms with Gasteiger partial charge in [-0.15, -0.1) is 5.11 Å². The van der Waals surface area contributed by atoms with Crippen molar-refractivity contribution >= 4 is 22.8 Å². The van der Waals surface area contributed by atoms with Crippen molar-refractivity contribution in [2.75, 3.05) is 12.8 Å². The lowest BCUT2D eigenvalue weighted by atomic mass is 10.1. The summed E-state index contributed by atoms with van der Waals surface area (Å²) < 4.78 is 44.9. The molecular weight excluding hydrogens is 439 g/mol. The third-order valence-electron chi connectivity index (χ3n) is 4.70. The molecule has 166 valence electrons. The maximum absolute atomic E-state index is 12.9. The highest BCUT2D eigenvalue weighted by Crippen LogP contribution is 2.33. The molecule has 0 atom stereocenters. The Hall–Kier alpha value is -4.66. The van der Waals surface area contributed by atoms with E-state index < -0.39 is 17.3 Å². The van der Waals surface area contributed by atoms with Gasteiger partial charge in [-0.1, -0.05) is 6.07 Å². The number of hydrogen-bond acceptors (Lipinski definition) is 7. The van der Waals surface area contributed by atoms with Crippen LogP contribution in [0.5, 0.6) is 5.75 Å². The summed E-state index contributed by atoms with van der Waals surface area (Å²) in [6, 6.07) is 12.6. The van der Waals surface area contributed by atoms with Gasteiger partial charge in [0.15, 0.2) is 11.3 Å². The first kappa shape index (κ1) is 21.6. The Bertz CT molecular complexity index is 1480. The number of benzene rings is 2. The molecule has 4 rings (SSSR count). The van der Waals surface area contributed by atoms with Crippen LogP contribution in [0.2, 0.25) is 0 Å². The Morgan fingerprint density at radius 1 is 1.18 bits per heavy atom. The Morgan fingerprint density at radius 2 is 1.91 bits per heavy atom. The number of H-pyrrole nitrogens is 1. The second-order valence-electron chi connectivity index (χ2n) is 6.76. The molecule has 12 heteroatoms. The van der Waals surface area contributed by atoms with E-state index in [-0.39, 0.29) is 34.1 Å². The number of nitrogens with zero attached hydrogens (tertiary/aromatic N) is 5. The number of ether oxygens (including phenoxy) is 1. The van der Waals surface area contributed by atoms with Crippen molar-refractivity contribution in [1.82, 2.24) is 14.6 Å². The van der Waals surface area contributed by atoms with Crippen LogP contribution in [0.25, 0.3) is 16.9 Å². The second kappa shape index (κ2) is 8.12. The van der Waals surface area contributed by atoms with Crippen LogP contribution in [0, 0.1) is 11.3 Å². The van der Waals surface area contributed by atoms with Gasteiger partial charge in [-0.3, -0.25) is 9.89 Å². The third kappa shape index (κ3) is 3.99. The predicted molar refractivity (Wildman–Crippen MR) is 113 cm³/mol. The summed E-state index contributed by atoms with van der Waals surface area (Å²) in [5, 5.41) is 19.8. The SMILES string of the molecule is COc1ccc(-c2nc3c(N=Nc4cccc(C(F)(F)F)c4)c(N)[nH]n3c(=O)c2C#N)cc1. The predicted octanol–water partition coefficient (Wildman–Crippen LogP) is 4.59. The molecule has 0 aliphatic carbocycles. The molecule has 0 amide bonds. The lowest BCUT2D eigenvalue weighted by Gasteiger charge is -2.06. The van der Waals surface area contributed by atoms with Gasteiger partial charge in [0.05, 0.1) is 24.1 Å². The van der Waals surface area contributed by atoms with Crippen LogP contribution in [-0.2, 0) is 6.18 Å². The Morgan fingerprint density at radius 3 is 2.55 bits per heavy atom. The summed E-state index contributed by atoms with van der Waals surface area (Å²) in [5.74, 6) is 0.461. The number of hydrogen-bond donors (Lipinski definition) is 2. The number of methoxy groups -OCH3 is 1. The van der Waals surface area contributed by atoms with E-state index in [2.05, 4.69) is 20.3 Å². The van der Waals surface area contributed by atoms with E-state index in [4.69, 9.17) is 10.5 Å². The van der Waals surface area contributed by atoms with Crippen LogP contribution in [0.15, 0.2) is 63.6 Å². The maximum atomic E-state index is 12.9. The number of halogens is 3. The number of aromatic amines is 1. The molecule has 0 unspecified atom stereocenters. The van der Waals surface area contributed by atoms with Crippen LogP contribution in [-0.4, -0.2) is 21.7 Å². The number of alkyl halides is 3. The van der Waals surface area contributed by atoms with E-state index in [1.165, 1.54) is 19.2 Å². The fourth-order valence-electron chi connectivity index (χ4n) is 3.09. The number of rotatable bonds is 4. The molecule has 0 saturated carbocycles. The van der Waals surface area contributed by atoms with Crippen molar-refractivity contribution in [1.29, 1.82) is 5.26 Å². The minimum absolute atomic E-state index is 0.0435. The van der Waals surface area contributed by atoms with Crippen LogP contribution in [0.3, 0.4) is 0 Å².